The Morgan fingerprint density at radius 2 is 2.29 bits per heavy atom. The van der Waals surface area contributed by atoms with Gasteiger partial charge in [-0.1, -0.05) is 19.8 Å². The molecule has 0 aromatic heterocycles. The molecule has 6 unspecified atom stereocenters. The van der Waals surface area contributed by atoms with Crippen molar-refractivity contribution in [3.63, 3.8) is 0 Å². The highest BCUT2D eigenvalue weighted by atomic mass is 32.2. The van der Waals surface area contributed by atoms with E-state index < -0.39 is 24.3 Å². The lowest BCUT2D eigenvalue weighted by Crippen LogP contribution is -2.59. The molecule has 2 heterocycles. The van der Waals surface area contributed by atoms with Crippen LogP contribution in [-0.2, 0) is 9.53 Å². The molecule has 120 valence electrons. The second-order valence-corrected chi connectivity index (χ2v) is 7.04. The fourth-order valence-electron chi connectivity index (χ4n) is 2.74. The van der Waals surface area contributed by atoms with Crippen LogP contribution < -0.4 is 5.73 Å². The number of fused-ring (bicyclic) bond motifs is 1. The molecular weight excluding hydrogens is 294 g/mol. The van der Waals surface area contributed by atoms with Gasteiger partial charge in [-0.3, -0.25) is 0 Å². The van der Waals surface area contributed by atoms with Gasteiger partial charge < -0.3 is 25.8 Å². The van der Waals surface area contributed by atoms with Crippen molar-refractivity contribution in [2.24, 2.45) is 5.73 Å². The van der Waals surface area contributed by atoms with Crippen molar-refractivity contribution in [2.45, 2.75) is 67.5 Å². The van der Waals surface area contributed by atoms with Crippen LogP contribution in [0.3, 0.4) is 0 Å². The van der Waals surface area contributed by atoms with Crippen LogP contribution in [0.5, 0.6) is 0 Å². The van der Waals surface area contributed by atoms with E-state index in [9.17, 15) is 15.0 Å². The van der Waals surface area contributed by atoms with Crippen LogP contribution in [0.2, 0.25) is 0 Å². The summed E-state index contributed by atoms with van der Waals surface area (Å²) in [6.45, 7) is 2.09. The summed E-state index contributed by atoms with van der Waals surface area (Å²) in [6.07, 6.45) is 2.67. The van der Waals surface area contributed by atoms with E-state index in [2.05, 4.69) is 6.92 Å². The van der Waals surface area contributed by atoms with Crippen molar-refractivity contribution in [3.05, 3.63) is 11.8 Å². The molecule has 6 atom stereocenters. The monoisotopic (exact) mass is 317 g/mol. The molecule has 2 aliphatic heterocycles. The molecule has 0 bridgehead atoms. The van der Waals surface area contributed by atoms with Crippen LogP contribution in [0.15, 0.2) is 11.8 Å². The molecule has 21 heavy (non-hydrogen) atoms. The number of nitrogens with two attached hydrogens (primary N) is 1. The number of hydrogen-bond acceptors (Lipinski definition) is 6. The third-order valence-electron chi connectivity index (χ3n) is 3.95. The van der Waals surface area contributed by atoms with Gasteiger partial charge in [0, 0.05) is 6.04 Å². The average Bonchev–Trinajstić information content (AvgIpc) is 2.38. The van der Waals surface area contributed by atoms with Crippen molar-refractivity contribution in [2.75, 3.05) is 0 Å². The van der Waals surface area contributed by atoms with Crippen LogP contribution >= 0.6 is 11.8 Å². The number of aliphatic hydroxyl groups excluding tert-OH is 2. The van der Waals surface area contributed by atoms with E-state index in [1.807, 2.05) is 0 Å². The molecule has 0 saturated carbocycles. The zero-order valence-corrected chi connectivity index (χ0v) is 12.8. The average molecular weight is 317 g/mol. The number of unbranched alkanes of at least 4 members (excludes halogenated alkanes) is 1. The van der Waals surface area contributed by atoms with E-state index in [0.717, 1.165) is 19.3 Å². The molecule has 2 rings (SSSR count). The van der Waals surface area contributed by atoms with Gasteiger partial charge in [0.15, 0.2) is 0 Å². The number of carboxylic acids is 1. The van der Waals surface area contributed by atoms with E-state index in [1.54, 1.807) is 0 Å². The lowest BCUT2D eigenvalue weighted by Gasteiger charge is -2.49. The summed E-state index contributed by atoms with van der Waals surface area (Å²) in [7, 11) is 0. The summed E-state index contributed by atoms with van der Waals surface area (Å²) in [5, 5.41) is 28.6. The molecule has 0 aromatic carbocycles. The molecule has 6 nitrogen and oxygen atoms in total. The van der Waals surface area contributed by atoms with Gasteiger partial charge in [-0.05, 0) is 18.9 Å². The maximum Gasteiger partial charge on any atom is 0.370 e. The Labute approximate surface area is 128 Å². The molecule has 1 fully saturated rings. The van der Waals surface area contributed by atoms with Crippen molar-refractivity contribution in [3.8, 4) is 0 Å². The van der Waals surface area contributed by atoms with Crippen molar-refractivity contribution >= 4 is 17.7 Å². The first kappa shape index (κ1) is 16.6. The van der Waals surface area contributed by atoms with Crippen LogP contribution in [0.25, 0.3) is 0 Å². The maximum absolute atomic E-state index is 11.0. The highest BCUT2D eigenvalue weighted by molar-refractivity contribution is 8.02. The zero-order chi connectivity index (χ0) is 15.6. The molecule has 5 N–H and O–H groups in total. The van der Waals surface area contributed by atoms with Crippen LogP contribution in [0, 0.1) is 0 Å². The van der Waals surface area contributed by atoms with Gasteiger partial charge in [0.25, 0.3) is 0 Å². The Hall–Kier alpha value is -0.760. The summed E-state index contributed by atoms with van der Waals surface area (Å²) in [5.74, 6) is -1.44. The van der Waals surface area contributed by atoms with Crippen LogP contribution in [0.4, 0.5) is 0 Å². The Balaban J connectivity index is 1.90. The number of hydrogen-bond donors (Lipinski definition) is 4. The number of ether oxygens (including phenoxy) is 1. The smallest absolute Gasteiger partial charge is 0.370 e. The molecular formula is C14H23NO5S. The number of carbonyl (C=O) groups is 1. The van der Waals surface area contributed by atoms with Crippen molar-refractivity contribution in [1.29, 1.82) is 0 Å². The standard InChI is InChI=1S/C14H23NO5S/c1-2-3-4-7(15)5-8(16)12-11-13(21-12)9(17)6-10(20-11)14(18)19/h6-9,11-13,16-17H,2-5,15H2,1H3,(H,18,19). The topological polar surface area (TPSA) is 113 Å². The lowest BCUT2D eigenvalue weighted by atomic mass is 9.94. The second kappa shape index (κ2) is 7.00. The van der Waals surface area contributed by atoms with E-state index in [1.165, 1.54) is 17.8 Å². The number of aliphatic hydroxyl groups is 2. The van der Waals surface area contributed by atoms with Crippen molar-refractivity contribution < 1.29 is 24.9 Å². The Bertz CT molecular complexity index is 416. The van der Waals surface area contributed by atoms with Crippen LogP contribution in [-0.4, -0.2) is 56.1 Å². The first-order valence-corrected chi connectivity index (χ1v) is 8.27. The first-order chi connectivity index (χ1) is 9.93. The summed E-state index contributed by atoms with van der Waals surface area (Å²) in [5.41, 5.74) is 5.98. The minimum atomic E-state index is -1.20. The van der Waals surface area contributed by atoms with E-state index >= 15 is 0 Å². The molecule has 1 saturated heterocycles. The SMILES string of the molecule is CCCCC(N)CC(O)C1SC2C(O)C=C(C(=O)O)OC21. The third kappa shape index (κ3) is 3.71. The van der Waals surface area contributed by atoms with Gasteiger partial charge in [-0.2, -0.15) is 0 Å². The molecule has 0 aromatic rings. The molecule has 0 spiro atoms. The largest absolute Gasteiger partial charge is 0.481 e. The molecule has 7 heteroatoms. The molecule has 2 aliphatic rings. The molecule has 0 radical (unpaired) electrons. The minimum absolute atomic E-state index is 0.0670. The predicted octanol–water partition coefficient (Wildman–Crippen LogP) is 0.467. The van der Waals surface area contributed by atoms with Crippen molar-refractivity contribution in [1.82, 2.24) is 0 Å². The third-order valence-corrected chi connectivity index (χ3v) is 5.70. The second-order valence-electron chi connectivity index (χ2n) is 5.68. The molecule has 0 amide bonds. The van der Waals surface area contributed by atoms with Gasteiger partial charge in [0.2, 0.25) is 5.76 Å². The van der Waals surface area contributed by atoms with Gasteiger partial charge in [-0.15, -0.1) is 11.8 Å². The summed E-state index contributed by atoms with van der Waals surface area (Å²) < 4.78 is 5.39. The van der Waals surface area contributed by atoms with Gasteiger partial charge in [-0.25, -0.2) is 4.79 Å². The summed E-state index contributed by atoms with van der Waals surface area (Å²) in [4.78, 5) is 11.0. The Kier molecular flexibility index (Phi) is 5.54. The highest BCUT2D eigenvalue weighted by Gasteiger charge is 2.53. The maximum atomic E-state index is 11.0. The van der Waals surface area contributed by atoms with Gasteiger partial charge in [0.1, 0.15) is 6.10 Å². The predicted molar refractivity (Wildman–Crippen MR) is 79.9 cm³/mol. The number of carboxylic acid groups (broad SMARTS) is 1. The summed E-state index contributed by atoms with van der Waals surface area (Å²) in [6, 6.07) is -0.0670. The first-order valence-electron chi connectivity index (χ1n) is 7.33. The Morgan fingerprint density at radius 1 is 1.57 bits per heavy atom. The fourth-order valence-corrected chi connectivity index (χ4v) is 4.12. The molecule has 0 aliphatic carbocycles. The Morgan fingerprint density at radius 3 is 2.90 bits per heavy atom. The zero-order valence-electron chi connectivity index (χ0n) is 12.0. The van der Waals surface area contributed by atoms with E-state index in [0.29, 0.717) is 6.42 Å². The van der Waals surface area contributed by atoms with E-state index in [-0.39, 0.29) is 22.3 Å². The van der Waals surface area contributed by atoms with E-state index in [4.69, 9.17) is 15.6 Å². The fraction of sp³-hybridized carbons (Fsp3) is 0.786. The minimum Gasteiger partial charge on any atom is -0.481 e. The summed E-state index contributed by atoms with van der Waals surface area (Å²) >= 11 is 1.44. The highest BCUT2D eigenvalue weighted by Crippen LogP contribution is 2.47. The number of aliphatic carboxylic acids is 1. The van der Waals surface area contributed by atoms with Crippen LogP contribution in [0.1, 0.15) is 32.6 Å². The number of rotatable bonds is 7. The number of thioether (sulfide) groups is 1. The lowest BCUT2D eigenvalue weighted by molar-refractivity contribution is -0.139. The normalized spacial score (nSPS) is 34.0. The quantitative estimate of drug-likeness (QED) is 0.540. The van der Waals surface area contributed by atoms with Gasteiger partial charge in [0.05, 0.1) is 22.7 Å². The van der Waals surface area contributed by atoms with Gasteiger partial charge >= 0.3 is 5.97 Å².